The van der Waals surface area contributed by atoms with Gasteiger partial charge in [0.05, 0.1) is 5.56 Å². The maximum Gasteiger partial charge on any atom is 0.231 e. The van der Waals surface area contributed by atoms with Gasteiger partial charge in [-0.25, -0.2) is 4.98 Å². The first-order chi connectivity index (χ1) is 11.0. The zero-order valence-electron chi connectivity index (χ0n) is 12.7. The maximum atomic E-state index is 11.6. The van der Waals surface area contributed by atoms with Crippen molar-refractivity contribution in [3.05, 3.63) is 40.9 Å². The van der Waals surface area contributed by atoms with Gasteiger partial charge in [0.15, 0.2) is 5.58 Å². The van der Waals surface area contributed by atoms with E-state index in [0.717, 1.165) is 0 Å². The molecule has 23 heavy (non-hydrogen) atoms. The van der Waals surface area contributed by atoms with Crippen LogP contribution in [0.2, 0.25) is 5.02 Å². The van der Waals surface area contributed by atoms with Crippen LogP contribution in [0.5, 0.6) is 5.75 Å². The number of phenols is 1. The smallest absolute Gasteiger partial charge is 0.231 e. The van der Waals surface area contributed by atoms with Crippen molar-refractivity contribution in [2.75, 3.05) is 5.32 Å². The quantitative estimate of drug-likeness (QED) is 0.693. The Hall–Kier alpha value is -2.53. The highest BCUT2D eigenvalue weighted by Crippen LogP contribution is 2.36. The van der Waals surface area contributed by atoms with Crippen molar-refractivity contribution in [1.82, 2.24) is 4.98 Å². The number of anilines is 1. The summed E-state index contributed by atoms with van der Waals surface area (Å²) in [6.45, 7) is 3.52. The van der Waals surface area contributed by atoms with Crippen LogP contribution in [0.4, 0.5) is 5.69 Å². The van der Waals surface area contributed by atoms with Crippen molar-refractivity contribution < 1.29 is 14.3 Å². The van der Waals surface area contributed by atoms with Gasteiger partial charge in [0, 0.05) is 17.1 Å². The number of carbonyl (C=O) groups excluding carboxylic acids is 1. The van der Waals surface area contributed by atoms with Gasteiger partial charge >= 0.3 is 0 Å². The van der Waals surface area contributed by atoms with Crippen LogP contribution in [0.3, 0.4) is 0 Å². The van der Waals surface area contributed by atoms with E-state index >= 15 is 0 Å². The fourth-order valence-corrected chi connectivity index (χ4v) is 2.45. The topological polar surface area (TPSA) is 75.4 Å². The van der Waals surface area contributed by atoms with E-state index in [-0.39, 0.29) is 17.5 Å². The third-order valence-electron chi connectivity index (χ3n) is 3.49. The lowest BCUT2D eigenvalue weighted by atomic mass is 10.1. The van der Waals surface area contributed by atoms with E-state index in [4.69, 9.17) is 16.0 Å². The number of aryl methyl sites for hydroxylation is 1. The number of amides is 1. The van der Waals surface area contributed by atoms with Crippen molar-refractivity contribution in [2.24, 2.45) is 0 Å². The Bertz CT molecular complexity index is 902. The molecule has 118 valence electrons. The van der Waals surface area contributed by atoms with Crippen molar-refractivity contribution in [1.29, 1.82) is 0 Å². The lowest BCUT2D eigenvalue weighted by Gasteiger charge is -2.09. The van der Waals surface area contributed by atoms with Crippen molar-refractivity contribution in [3.63, 3.8) is 0 Å². The van der Waals surface area contributed by atoms with Gasteiger partial charge in [-0.1, -0.05) is 18.5 Å². The number of oxazole rings is 1. The zero-order valence-corrected chi connectivity index (χ0v) is 13.4. The molecule has 5 nitrogen and oxygen atoms in total. The molecule has 1 amide bonds. The summed E-state index contributed by atoms with van der Waals surface area (Å²) in [6.07, 6.45) is 0.372. The molecule has 0 spiro atoms. The van der Waals surface area contributed by atoms with Crippen LogP contribution in [0.25, 0.3) is 22.6 Å². The van der Waals surface area contributed by atoms with Crippen LogP contribution in [0, 0.1) is 6.92 Å². The standard InChI is InChI=1S/C17H15ClN2O3/c1-3-15(21)19-11-6-9(2)16(22)12(8-11)17-20-13-7-10(18)4-5-14(13)23-17/h4-8,22H,3H2,1-2H3,(H,19,21). The number of hydrogen-bond donors (Lipinski definition) is 2. The summed E-state index contributed by atoms with van der Waals surface area (Å²) in [7, 11) is 0. The number of fused-ring (bicyclic) bond motifs is 1. The first-order valence-electron chi connectivity index (χ1n) is 7.18. The average Bonchev–Trinajstić information content (AvgIpc) is 2.93. The van der Waals surface area contributed by atoms with Gasteiger partial charge in [0.1, 0.15) is 11.3 Å². The number of halogens is 1. The zero-order chi connectivity index (χ0) is 16.6. The molecule has 3 aromatic rings. The Morgan fingerprint density at radius 3 is 2.87 bits per heavy atom. The average molecular weight is 331 g/mol. The van der Waals surface area contributed by atoms with Crippen LogP contribution in [-0.4, -0.2) is 16.0 Å². The molecule has 0 aliphatic carbocycles. The van der Waals surface area contributed by atoms with E-state index < -0.39 is 0 Å². The predicted octanol–water partition coefficient (Wildman–Crippen LogP) is 4.51. The van der Waals surface area contributed by atoms with Crippen LogP contribution in [0.1, 0.15) is 18.9 Å². The Morgan fingerprint density at radius 1 is 1.35 bits per heavy atom. The molecule has 2 N–H and O–H groups in total. The monoisotopic (exact) mass is 330 g/mol. The third kappa shape index (κ3) is 3.00. The summed E-state index contributed by atoms with van der Waals surface area (Å²) in [5, 5.41) is 13.6. The summed E-state index contributed by atoms with van der Waals surface area (Å²) in [5.74, 6) is 0.234. The highest BCUT2D eigenvalue weighted by Gasteiger charge is 2.16. The van der Waals surface area contributed by atoms with Crippen molar-refractivity contribution in [2.45, 2.75) is 20.3 Å². The van der Waals surface area contributed by atoms with Gasteiger partial charge in [-0.3, -0.25) is 4.79 Å². The minimum absolute atomic E-state index is 0.0668. The van der Waals surface area contributed by atoms with Crippen molar-refractivity contribution in [3.8, 4) is 17.2 Å². The fourth-order valence-electron chi connectivity index (χ4n) is 2.28. The molecule has 0 fully saturated rings. The van der Waals surface area contributed by atoms with Crippen molar-refractivity contribution >= 4 is 34.3 Å². The largest absolute Gasteiger partial charge is 0.507 e. The first kappa shape index (κ1) is 15.4. The molecule has 1 aromatic heterocycles. The Labute approximate surface area is 137 Å². The van der Waals surface area contributed by atoms with E-state index in [0.29, 0.717) is 39.4 Å². The molecule has 0 bridgehead atoms. The van der Waals surface area contributed by atoms with Gasteiger partial charge in [-0.2, -0.15) is 0 Å². The van der Waals surface area contributed by atoms with Crippen LogP contribution >= 0.6 is 11.6 Å². The summed E-state index contributed by atoms with van der Waals surface area (Å²) in [6, 6.07) is 8.47. The molecule has 0 aliphatic heterocycles. The number of aromatic hydroxyl groups is 1. The number of aromatic nitrogens is 1. The molecule has 0 saturated carbocycles. The van der Waals surface area contributed by atoms with E-state index in [1.54, 1.807) is 44.2 Å². The molecule has 1 heterocycles. The summed E-state index contributed by atoms with van der Waals surface area (Å²) < 4.78 is 5.69. The number of carbonyl (C=O) groups is 1. The molecular formula is C17H15ClN2O3. The van der Waals surface area contributed by atoms with Crippen LogP contribution in [0.15, 0.2) is 34.7 Å². The number of nitrogens with zero attached hydrogens (tertiary/aromatic N) is 1. The second-order valence-corrected chi connectivity index (χ2v) is 5.66. The molecule has 3 rings (SSSR count). The summed E-state index contributed by atoms with van der Waals surface area (Å²) in [5.41, 5.74) is 2.80. The molecule has 6 heteroatoms. The second kappa shape index (κ2) is 5.93. The Balaban J connectivity index is 2.11. The van der Waals surface area contributed by atoms with Gasteiger partial charge in [-0.15, -0.1) is 0 Å². The Morgan fingerprint density at radius 2 is 2.13 bits per heavy atom. The molecular weight excluding hydrogens is 316 g/mol. The van der Waals surface area contributed by atoms with Gasteiger partial charge in [0.25, 0.3) is 0 Å². The molecule has 2 aromatic carbocycles. The van der Waals surface area contributed by atoms with Gasteiger partial charge in [-0.05, 0) is 42.8 Å². The molecule has 0 aliphatic rings. The number of hydrogen-bond acceptors (Lipinski definition) is 4. The Kier molecular flexibility index (Phi) is 3.96. The van der Waals surface area contributed by atoms with E-state index in [2.05, 4.69) is 10.3 Å². The van der Waals surface area contributed by atoms with E-state index in [1.165, 1.54) is 0 Å². The molecule has 0 atom stereocenters. The third-order valence-corrected chi connectivity index (χ3v) is 3.72. The second-order valence-electron chi connectivity index (χ2n) is 5.22. The van der Waals surface area contributed by atoms with Crippen LogP contribution < -0.4 is 5.32 Å². The van der Waals surface area contributed by atoms with E-state index in [9.17, 15) is 9.90 Å². The highest BCUT2D eigenvalue weighted by molar-refractivity contribution is 6.31. The predicted molar refractivity (Wildman–Crippen MR) is 89.8 cm³/mol. The van der Waals surface area contributed by atoms with Gasteiger partial charge < -0.3 is 14.8 Å². The molecule has 0 unspecified atom stereocenters. The fraction of sp³-hybridized carbons (Fsp3) is 0.176. The molecule has 0 radical (unpaired) electrons. The minimum Gasteiger partial charge on any atom is -0.507 e. The van der Waals surface area contributed by atoms with E-state index in [1.807, 2.05) is 0 Å². The normalized spacial score (nSPS) is 10.9. The summed E-state index contributed by atoms with van der Waals surface area (Å²) >= 11 is 5.95. The SMILES string of the molecule is CCC(=O)Nc1cc(C)c(O)c(-c2nc3cc(Cl)ccc3o2)c1. The lowest BCUT2D eigenvalue weighted by molar-refractivity contribution is -0.115. The van der Waals surface area contributed by atoms with Gasteiger partial charge in [0.2, 0.25) is 11.8 Å². The number of benzene rings is 2. The summed E-state index contributed by atoms with van der Waals surface area (Å²) in [4.78, 5) is 15.9. The molecule has 0 saturated heterocycles. The number of phenolic OH excluding ortho intramolecular Hbond substituents is 1. The number of nitrogens with one attached hydrogen (secondary N) is 1. The number of rotatable bonds is 3. The van der Waals surface area contributed by atoms with Crippen LogP contribution in [-0.2, 0) is 4.79 Å². The maximum absolute atomic E-state index is 11.6. The first-order valence-corrected chi connectivity index (χ1v) is 7.55. The lowest BCUT2D eigenvalue weighted by Crippen LogP contribution is -2.09. The highest BCUT2D eigenvalue weighted by atomic mass is 35.5. The minimum atomic E-state index is -0.106.